The monoisotopic (exact) mass is 304 g/mol. The Balaban J connectivity index is 1.77. The van der Waals surface area contributed by atoms with E-state index in [2.05, 4.69) is 24.1 Å². The van der Waals surface area contributed by atoms with E-state index in [4.69, 9.17) is 4.98 Å². The highest BCUT2D eigenvalue weighted by atomic mass is 32.1. The van der Waals surface area contributed by atoms with Crippen LogP contribution in [0.15, 0.2) is 4.79 Å². The number of aromatic nitrogens is 2. The van der Waals surface area contributed by atoms with Gasteiger partial charge in [-0.15, -0.1) is 11.3 Å². The van der Waals surface area contributed by atoms with E-state index in [1.807, 2.05) is 0 Å². The van der Waals surface area contributed by atoms with Crippen LogP contribution in [0.2, 0.25) is 0 Å². The van der Waals surface area contributed by atoms with Crippen LogP contribution < -0.4 is 10.9 Å². The average molecular weight is 304 g/mol. The molecule has 2 aliphatic rings. The number of fused-ring (bicyclic) bond motifs is 3. The number of thiophene rings is 1. The highest BCUT2D eigenvalue weighted by molar-refractivity contribution is 7.18. The van der Waals surface area contributed by atoms with Crippen molar-refractivity contribution in [1.29, 1.82) is 0 Å². The van der Waals surface area contributed by atoms with E-state index < -0.39 is 0 Å². The summed E-state index contributed by atoms with van der Waals surface area (Å²) in [5.74, 6) is 1.57. The lowest BCUT2D eigenvalue weighted by atomic mass is 9.89. The van der Waals surface area contributed by atoms with Crippen molar-refractivity contribution in [1.82, 2.24) is 9.97 Å². The van der Waals surface area contributed by atoms with Crippen LogP contribution in [0.4, 0.5) is 0 Å². The fourth-order valence-corrected chi connectivity index (χ4v) is 4.76. The Morgan fingerprint density at radius 3 is 2.95 bits per heavy atom. The molecule has 0 unspecified atom stereocenters. The van der Waals surface area contributed by atoms with E-state index in [9.17, 15) is 4.79 Å². The number of rotatable bonds is 3. The van der Waals surface area contributed by atoms with Crippen molar-refractivity contribution in [2.45, 2.75) is 58.0 Å². The molecule has 5 heteroatoms. The molecule has 0 spiro atoms. The molecule has 2 atom stereocenters. The number of aryl methyl sites for hydroxylation is 1. The lowest BCUT2D eigenvalue weighted by Crippen LogP contribution is -2.86. The minimum absolute atomic E-state index is 0.0677. The van der Waals surface area contributed by atoms with Crippen molar-refractivity contribution in [3.63, 3.8) is 0 Å². The van der Waals surface area contributed by atoms with Crippen molar-refractivity contribution in [3.8, 4) is 0 Å². The van der Waals surface area contributed by atoms with Crippen LogP contribution in [0.3, 0.4) is 0 Å². The molecule has 0 bridgehead atoms. The molecule has 3 N–H and O–H groups in total. The molecule has 0 aliphatic heterocycles. The molecule has 2 aromatic heterocycles. The van der Waals surface area contributed by atoms with Crippen molar-refractivity contribution in [3.05, 3.63) is 26.6 Å². The van der Waals surface area contributed by atoms with Gasteiger partial charge >= 0.3 is 0 Å². The number of hydrogen-bond acceptors (Lipinski definition) is 3. The Bertz CT molecular complexity index is 744. The van der Waals surface area contributed by atoms with Gasteiger partial charge in [-0.3, -0.25) is 4.79 Å². The van der Waals surface area contributed by atoms with E-state index in [1.165, 1.54) is 29.7 Å². The van der Waals surface area contributed by atoms with Crippen molar-refractivity contribution < 1.29 is 5.32 Å². The quantitative estimate of drug-likeness (QED) is 0.909. The third-order valence-electron chi connectivity index (χ3n) is 4.80. The third-order valence-corrected chi connectivity index (χ3v) is 5.95. The zero-order chi connectivity index (χ0) is 14.6. The smallest absolute Gasteiger partial charge is 0.260 e. The second-order valence-corrected chi connectivity index (χ2v) is 7.89. The van der Waals surface area contributed by atoms with Crippen LogP contribution in [0.5, 0.6) is 0 Å². The minimum atomic E-state index is 0.0677. The maximum Gasteiger partial charge on any atom is 0.260 e. The lowest BCUT2D eigenvalue weighted by Gasteiger charge is -2.17. The van der Waals surface area contributed by atoms with E-state index in [0.717, 1.165) is 40.8 Å². The van der Waals surface area contributed by atoms with Crippen molar-refractivity contribution in [2.75, 3.05) is 0 Å². The van der Waals surface area contributed by atoms with Crippen LogP contribution in [0.25, 0.3) is 10.2 Å². The molecule has 0 saturated heterocycles. The standard InChI is InChI=1S/C16H21N3OS/c1-8-3-6-11-12(7-8)21-16-13(11)15(20)18-14(19-16)9(2)17-10-4-5-10/h8-10,17H,3-7H2,1-2H3,(H,18,19,20)/p+1/t8-,9+/m1/s1. The normalized spacial score (nSPS) is 23.2. The maximum atomic E-state index is 12.5. The number of nitrogens with one attached hydrogen (secondary N) is 1. The second-order valence-electron chi connectivity index (χ2n) is 6.80. The van der Waals surface area contributed by atoms with Gasteiger partial charge in [0.2, 0.25) is 0 Å². The van der Waals surface area contributed by atoms with Crippen LogP contribution in [-0.4, -0.2) is 16.0 Å². The fraction of sp³-hybridized carbons (Fsp3) is 0.625. The first-order chi connectivity index (χ1) is 10.1. The summed E-state index contributed by atoms with van der Waals surface area (Å²) < 4.78 is 0. The Hall–Kier alpha value is -1.20. The Morgan fingerprint density at radius 2 is 2.19 bits per heavy atom. The van der Waals surface area contributed by atoms with Crippen LogP contribution in [0.1, 0.15) is 55.4 Å². The van der Waals surface area contributed by atoms with Gasteiger partial charge in [0.1, 0.15) is 10.9 Å². The van der Waals surface area contributed by atoms with Crippen molar-refractivity contribution >= 4 is 21.6 Å². The number of quaternary nitrogens is 1. The van der Waals surface area contributed by atoms with Crippen LogP contribution in [-0.2, 0) is 12.8 Å². The number of H-pyrrole nitrogens is 1. The van der Waals surface area contributed by atoms with E-state index in [1.54, 1.807) is 11.3 Å². The van der Waals surface area contributed by atoms with Crippen LogP contribution in [0, 0.1) is 5.92 Å². The summed E-state index contributed by atoms with van der Waals surface area (Å²) in [6.45, 7) is 4.43. The SMILES string of the molecule is C[C@@H]1CCc2c(sc3nc([C@H](C)[NH2+]C4CC4)[nH]c(=O)c23)C1. The first kappa shape index (κ1) is 13.5. The number of nitrogens with zero attached hydrogens (tertiary/aromatic N) is 1. The van der Waals surface area contributed by atoms with Gasteiger partial charge < -0.3 is 10.3 Å². The molecule has 4 rings (SSSR count). The van der Waals surface area contributed by atoms with E-state index in [-0.39, 0.29) is 11.6 Å². The van der Waals surface area contributed by atoms with Crippen LogP contribution >= 0.6 is 11.3 Å². The molecular formula is C16H22N3OS+. The molecule has 2 aromatic rings. The fourth-order valence-electron chi connectivity index (χ4n) is 3.37. The zero-order valence-corrected chi connectivity index (χ0v) is 13.4. The highest BCUT2D eigenvalue weighted by Gasteiger charge is 2.29. The van der Waals surface area contributed by atoms with Gasteiger partial charge in [0, 0.05) is 17.7 Å². The van der Waals surface area contributed by atoms with E-state index in [0.29, 0.717) is 0 Å². The summed E-state index contributed by atoms with van der Waals surface area (Å²) in [5.41, 5.74) is 1.34. The second kappa shape index (κ2) is 4.92. The summed E-state index contributed by atoms with van der Waals surface area (Å²) >= 11 is 1.74. The summed E-state index contributed by atoms with van der Waals surface area (Å²) in [6, 6.07) is 0.978. The highest BCUT2D eigenvalue weighted by Crippen LogP contribution is 2.35. The summed E-state index contributed by atoms with van der Waals surface area (Å²) in [4.78, 5) is 22.7. The molecule has 21 heavy (non-hydrogen) atoms. The zero-order valence-electron chi connectivity index (χ0n) is 12.6. The van der Waals surface area contributed by atoms with Gasteiger partial charge in [-0.05, 0) is 37.7 Å². The first-order valence-corrected chi connectivity index (χ1v) is 8.83. The molecule has 0 radical (unpaired) electrons. The molecule has 2 heterocycles. The molecular weight excluding hydrogens is 282 g/mol. The molecule has 1 fully saturated rings. The Morgan fingerprint density at radius 1 is 1.38 bits per heavy atom. The molecule has 0 aromatic carbocycles. The van der Waals surface area contributed by atoms with Gasteiger partial charge in [-0.25, -0.2) is 4.98 Å². The van der Waals surface area contributed by atoms with Gasteiger partial charge in [0.15, 0.2) is 5.82 Å². The van der Waals surface area contributed by atoms with Gasteiger partial charge in [0.25, 0.3) is 5.56 Å². The number of hydrogen-bond donors (Lipinski definition) is 2. The maximum absolute atomic E-state index is 12.5. The third kappa shape index (κ3) is 2.42. The van der Waals surface area contributed by atoms with Gasteiger partial charge in [-0.1, -0.05) is 6.92 Å². The molecule has 112 valence electrons. The van der Waals surface area contributed by atoms with Gasteiger partial charge in [0.05, 0.1) is 11.4 Å². The summed E-state index contributed by atoms with van der Waals surface area (Å²) in [7, 11) is 0. The first-order valence-electron chi connectivity index (χ1n) is 8.01. The minimum Gasteiger partial charge on any atom is -0.335 e. The molecule has 4 nitrogen and oxygen atoms in total. The topological polar surface area (TPSA) is 62.4 Å². The number of nitrogens with two attached hydrogens (primary N) is 1. The Kier molecular flexibility index (Phi) is 3.15. The predicted octanol–water partition coefficient (Wildman–Crippen LogP) is 1.90. The summed E-state index contributed by atoms with van der Waals surface area (Å²) in [6.07, 6.45) is 5.91. The lowest BCUT2D eigenvalue weighted by molar-refractivity contribution is -0.706. The predicted molar refractivity (Wildman–Crippen MR) is 84.8 cm³/mol. The molecule has 1 saturated carbocycles. The average Bonchev–Trinajstić information content (AvgIpc) is 3.16. The van der Waals surface area contributed by atoms with Crippen molar-refractivity contribution in [2.24, 2.45) is 5.92 Å². The van der Waals surface area contributed by atoms with Gasteiger partial charge in [-0.2, -0.15) is 0 Å². The van der Waals surface area contributed by atoms with E-state index >= 15 is 0 Å². The molecule has 0 amide bonds. The largest absolute Gasteiger partial charge is 0.335 e. The molecule has 2 aliphatic carbocycles. The summed E-state index contributed by atoms with van der Waals surface area (Å²) in [5, 5.41) is 3.20. The Labute approximate surface area is 128 Å². The number of aromatic amines is 1.